The maximum Gasteiger partial charge on any atom is 0.500 e. The highest BCUT2D eigenvalue weighted by atomic mass is 28.4. The molecule has 1 saturated heterocycles. The fraction of sp³-hybridized carbons (Fsp3) is 1.00. The fourth-order valence-corrected chi connectivity index (χ4v) is 11.2. The topological polar surface area (TPSA) is 55.9 Å². The van der Waals surface area contributed by atoms with E-state index in [1.54, 1.807) is 21.3 Å². The highest BCUT2D eigenvalue weighted by Gasteiger charge is 2.46. The lowest BCUT2D eigenvalue weighted by molar-refractivity contribution is 0.118. The molecule has 0 aromatic heterocycles. The molecule has 1 atom stereocenters. The van der Waals surface area contributed by atoms with Gasteiger partial charge in [-0.2, -0.15) is 0 Å². The highest BCUT2D eigenvalue weighted by molar-refractivity contribution is 6.73. The quantitative estimate of drug-likeness (QED) is 0.165. The van der Waals surface area contributed by atoms with Crippen molar-refractivity contribution < 1.29 is 22.1 Å². The van der Waals surface area contributed by atoms with Crippen molar-refractivity contribution in [3.05, 3.63) is 0 Å². The van der Waals surface area contributed by atoms with Crippen molar-refractivity contribution in [1.82, 2.24) is 14.7 Å². The maximum absolute atomic E-state index is 5.90. The van der Waals surface area contributed by atoms with Crippen molar-refractivity contribution >= 4 is 27.6 Å². The van der Waals surface area contributed by atoms with Gasteiger partial charge in [0.15, 0.2) is 0 Å². The van der Waals surface area contributed by atoms with Crippen LogP contribution in [0, 0.1) is 0 Å². The molecule has 1 aliphatic rings. The molecule has 8 nitrogen and oxygen atoms in total. The molecule has 201 valence electrons. The largest absolute Gasteiger partial charge is 0.500 e. The van der Waals surface area contributed by atoms with Crippen LogP contribution in [0.4, 0.5) is 0 Å². The Hall–Kier alpha value is 0.331. The Balaban J connectivity index is 2.43. The minimum absolute atomic E-state index is 0.352. The van der Waals surface area contributed by atoms with Gasteiger partial charge in [0.2, 0.25) is 0 Å². The van der Waals surface area contributed by atoms with Gasteiger partial charge in [0.25, 0.3) is 0 Å². The average Bonchev–Trinajstić information content (AvgIpc) is 2.84. The van der Waals surface area contributed by atoms with E-state index in [2.05, 4.69) is 28.8 Å². The number of unbranched alkanes of at least 4 members (excludes halogenated alkanes) is 2. The molecule has 1 aliphatic heterocycles. The molecule has 1 fully saturated rings. The summed E-state index contributed by atoms with van der Waals surface area (Å²) < 4.78 is 29.2. The molecular formula is C23H52N3O5Si3. The third-order valence-corrected chi connectivity index (χ3v) is 14.5. The van der Waals surface area contributed by atoms with Crippen LogP contribution in [0.3, 0.4) is 0 Å². The van der Waals surface area contributed by atoms with E-state index in [0.29, 0.717) is 5.16 Å². The van der Waals surface area contributed by atoms with E-state index in [0.717, 1.165) is 54.3 Å². The number of piperazine rings is 1. The SMILES string of the molecule is CCO[Si](CCCN(C)C[Si]C(CCCCCN1CCN(C)CC1)[Si](OC)(OC)OC)OCC. The van der Waals surface area contributed by atoms with Crippen LogP contribution >= 0.6 is 0 Å². The summed E-state index contributed by atoms with van der Waals surface area (Å²) in [7, 11) is 6.64. The summed E-state index contributed by atoms with van der Waals surface area (Å²) in [4.78, 5) is 7.45. The van der Waals surface area contributed by atoms with Crippen LogP contribution in [0.5, 0.6) is 0 Å². The molecule has 0 aromatic carbocycles. The first kappa shape index (κ1) is 32.4. The Kier molecular flexibility index (Phi) is 18.5. The number of rotatable bonds is 21. The van der Waals surface area contributed by atoms with E-state index in [4.69, 9.17) is 22.1 Å². The van der Waals surface area contributed by atoms with Gasteiger partial charge in [-0.1, -0.05) is 12.8 Å². The minimum atomic E-state index is -2.65. The number of hydrogen-bond donors (Lipinski definition) is 0. The van der Waals surface area contributed by atoms with Crippen LogP contribution in [0.25, 0.3) is 0 Å². The lowest BCUT2D eigenvalue weighted by Gasteiger charge is -2.33. The van der Waals surface area contributed by atoms with Gasteiger partial charge in [-0.15, -0.1) is 0 Å². The molecule has 34 heavy (non-hydrogen) atoms. The molecule has 1 rings (SSSR count). The molecule has 0 aromatic rings. The standard InChI is InChI=1S/C23H52N3O5Si3/c1-8-30-33(31-9-2)21-13-15-25(4)22-32-23(34(27-5,28-6)29-7)14-11-10-12-16-26-19-17-24(3)18-20-26/h23H,8-22H2,1-7H3. The van der Waals surface area contributed by atoms with Gasteiger partial charge in [-0.3, -0.25) is 0 Å². The third-order valence-electron chi connectivity index (χ3n) is 6.48. The predicted octanol–water partition coefficient (Wildman–Crippen LogP) is 2.54. The van der Waals surface area contributed by atoms with Gasteiger partial charge in [-0.05, 0) is 72.5 Å². The van der Waals surface area contributed by atoms with Crippen molar-refractivity contribution in [2.75, 3.05) is 94.1 Å². The van der Waals surface area contributed by atoms with Crippen LogP contribution in [0.1, 0.15) is 46.0 Å². The van der Waals surface area contributed by atoms with E-state index in [9.17, 15) is 0 Å². The summed E-state index contributed by atoms with van der Waals surface area (Å²) in [5.74, 6) is 0. The molecule has 11 heteroatoms. The van der Waals surface area contributed by atoms with Crippen LogP contribution in [0.2, 0.25) is 11.2 Å². The summed E-state index contributed by atoms with van der Waals surface area (Å²) >= 11 is 0. The Labute approximate surface area is 215 Å². The highest BCUT2D eigenvalue weighted by Crippen LogP contribution is 2.29. The molecule has 0 saturated carbocycles. The molecule has 0 amide bonds. The summed E-state index contributed by atoms with van der Waals surface area (Å²) in [5, 5.41) is 0.352. The average molecular weight is 535 g/mol. The second-order valence-electron chi connectivity index (χ2n) is 9.05. The molecule has 0 bridgehead atoms. The number of nitrogens with zero attached hydrogens (tertiary/aromatic N) is 3. The molecular weight excluding hydrogens is 483 g/mol. The van der Waals surface area contributed by atoms with E-state index in [1.807, 2.05) is 13.8 Å². The van der Waals surface area contributed by atoms with Crippen LogP contribution in [0.15, 0.2) is 0 Å². The van der Waals surface area contributed by atoms with Gasteiger partial charge in [-0.25, -0.2) is 0 Å². The second-order valence-corrected chi connectivity index (χ2v) is 16.0. The number of likely N-dealkylation sites (N-methyl/N-ethyl adjacent to an activating group) is 1. The first-order chi connectivity index (χ1) is 16.4. The van der Waals surface area contributed by atoms with E-state index < -0.39 is 18.1 Å². The van der Waals surface area contributed by atoms with E-state index in [1.165, 1.54) is 52.0 Å². The zero-order valence-electron chi connectivity index (χ0n) is 23.1. The molecule has 0 spiro atoms. The third kappa shape index (κ3) is 12.5. The molecule has 0 aliphatic carbocycles. The van der Waals surface area contributed by atoms with Crippen molar-refractivity contribution in [3.63, 3.8) is 0 Å². The van der Waals surface area contributed by atoms with Gasteiger partial charge in [0.05, 0.1) is 9.52 Å². The van der Waals surface area contributed by atoms with Gasteiger partial charge in [0.1, 0.15) is 0 Å². The monoisotopic (exact) mass is 534 g/mol. The Morgan fingerprint density at radius 3 is 2.09 bits per heavy atom. The summed E-state index contributed by atoms with van der Waals surface area (Å²) in [6.07, 6.45) is 6.98. The second kappa shape index (κ2) is 19.4. The summed E-state index contributed by atoms with van der Waals surface area (Å²) in [5.41, 5.74) is 0. The molecule has 1 unspecified atom stereocenters. The Bertz CT molecular complexity index is 473. The first-order valence-corrected chi connectivity index (χ1v) is 17.6. The van der Waals surface area contributed by atoms with Crippen molar-refractivity contribution in [1.29, 1.82) is 0 Å². The van der Waals surface area contributed by atoms with Gasteiger partial charge in [0, 0.05) is 65.9 Å². The van der Waals surface area contributed by atoms with Crippen molar-refractivity contribution in [3.8, 4) is 0 Å². The first-order valence-electron chi connectivity index (χ1n) is 13.0. The van der Waals surface area contributed by atoms with Gasteiger partial charge >= 0.3 is 18.1 Å². The van der Waals surface area contributed by atoms with Crippen LogP contribution in [-0.4, -0.2) is 136 Å². The maximum atomic E-state index is 5.90. The predicted molar refractivity (Wildman–Crippen MR) is 145 cm³/mol. The van der Waals surface area contributed by atoms with Crippen LogP contribution < -0.4 is 0 Å². The lowest BCUT2D eigenvalue weighted by atomic mass is 10.2. The fourth-order valence-electron chi connectivity index (χ4n) is 4.36. The Morgan fingerprint density at radius 1 is 0.912 bits per heavy atom. The minimum Gasteiger partial charge on any atom is -0.394 e. The summed E-state index contributed by atoms with van der Waals surface area (Å²) in [6.45, 7) is 12.6. The smallest absolute Gasteiger partial charge is 0.394 e. The lowest BCUT2D eigenvalue weighted by Crippen LogP contribution is -2.51. The Morgan fingerprint density at radius 2 is 1.53 bits per heavy atom. The van der Waals surface area contributed by atoms with Gasteiger partial charge < -0.3 is 36.8 Å². The van der Waals surface area contributed by atoms with E-state index in [-0.39, 0.29) is 0 Å². The number of hydrogen-bond acceptors (Lipinski definition) is 8. The normalized spacial score (nSPS) is 17.2. The van der Waals surface area contributed by atoms with Crippen molar-refractivity contribution in [2.24, 2.45) is 0 Å². The summed E-state index contributed by atoms with van der Waals surface area (Å²) in [6, 6.07) is 1.03. The zero-order chi connectivity index (χ0) is 25.2. The van der Waals surface area contributed by atoms with E-state index >= 15 is 0 Å². The zero-order valence-corrected chi connectivity index (χ0v) is 26.1. The molecule has 0 N–H and O–H groups in total. The molecule has 1 heterocycles. The van der Waals surface area contributed by atoms with Crippen molar-refractivity contribution in [2.45, 2.75) is 57.2 Å². The van der Waals surface area contributed by atoms with Crippen LogP contribution in [-0.2, 0) is 22.1 Å². The molecule has 3 radical (unpaired) electrons.